The standard InChI is InChI=1S/C26H26O2/c1-23-12-18-20(25(18,23)3)16(21(23)27)10-14-7-5-6-13(8-14)9-15-17-11-19-24(17,2)26(19,4)22(15)28/h5-10,17-20H,11-12H2,1-4H3/b15-9+,16-10+. The summed E-state index contributed by atoms with van der Waals surface area (Å²) in [6.45, 7) is 8.94. The van der Waals surface area contributed by atoms with E-state index in [2.05, 4.69) is 64.1 Å². The Kier molecular flexibility index (Phi) is 2.28. The zero-order valence-electron chi connectivity index (χ0n) is 17.0. The van der Waals surface area contributed by atoms with Gasteiger partial charge in [-0.15, -0.1) is 0 Å². The van der Waals surface area contributed by atoms with E-state index in [0.717, 1.165) is 34.6 Å². The number of benzene rings is 1. The van der Waals surface area contributed by atoms with Crippen molar-refractivity contribution in [1.82, 2.24) is 0 Å². The number of carbonyl (C=O) groups is 2. The van der Waals surface area contributed by atoms with E-state index in [1.54, 1.807) is 0 Å². The Morgan fingerprint density at radius 2 is 1.61 bits per heavy atom. The van der Waals surface area contributed by atoms with Crippen molar-refractivity contribution >= 4 is 23.7 Å². The largest absolute Gasteiger partial charge is 0.294 e. The minimum absolute atomic E-state index is 0.0910. The summed E-state index contributed by atoms with van der Waals surface area (Å²) >= 11 is 0. The lowest BCUT2D eigenvalue weighted by Gasteiger charge is -2.42. The molecule has 6 fully saturated rings. The molecule has 6 saturated carbocycles. The Morgan fingerprint density at radius 1 is 0.929 bits per heavy atom. The molecule has 0 aromatic heterocycles. The highest BCUT2D eigenvalue weighted by Gasteiger charge is 2.88. The molecule has 7 rings (SSSR count). The molecule has 2 nitrogen and oxygen atoms in total. The Hall–Kier alpha value is -1.96. The Balaban J connectivity index is 1.24. The van der Waals surface area contributed by atoms with Gasteiger partial charge in [-0.25, -0.2) is 0 Å². The third kappa shape index (κ3) is 1.25. The topological polar surface area (TPSA) is 34.1 Å². The highest BCUT2D eigenvalue weighted by atomic mass is 16.1. The van der Waals surface area contributed by atoms with E-state index in [1.807, 2.05) is 0 Å². The summed E-state index contributed by atoms with van der Waals surface area (Å²) in [5, 5.41) is 0. The summed E-state index contributed by atoms with van der Waals surface area (Å²) in [5.74, 6) is 3.03. The normalized spacial score (nSPS) is 56.4. The van der Waals surface area contributed by atoms with Gasteiger partial charge in [-0.3, -0.25) is 9.59 Å². The predicted octanol–water partition coefficient (Wildman–Crippen LogP) is 4.94. The van der Waals surface area contributed by atoms with Gasteiger partial charge in [0.15, 0.2) is 11.6 Å². The smallest absolute Gasteiger partial charge is 0.165 e. The van der Waals surface area contributed by atoms with E-state index < -0.39 is 0 Å². The van der Waals surface area contributed by atoms with Crippen LogP contribution in [-0.4, -0.2) is 11.6 Å². The number of fused-ring (bicyclic) bond motifs is 2. The quantitative estimate of drug-likeness (QED) is 0.691. The lowest BCUT2D eigenvalue weighted by Crippen LogP contribution is -2.43. The van der Waals surface area contributed by atoms with Gasteiger partial charge in [-0.2, -0.15) is 0 Å². The maximum atomic E-state index is 13.0. The average Bonchev–Trinajstić information content (AvgIpc) is 3.27. The minimum Gasteiger partial charge on any atom is -0.294 e. The van der Waals surface area contributed by atoms with Gasteiger partial charge in [0.25, 0.3) is 0 Å². The fourth-order valence-corrected chi connectivity index (χ4v) is 8.62. The Bertz CT molecular complexity index is 1050. The second-order valence-electron chi connectivity index (χ2n) is 11.3. The van der Waals surface area contributed by atoms with Crippen molar-refractivity contribution in [2.24, 2.45) is 45.3 Å². The maximum Gasteiger partial charge on any atom is 0.165 e. The Labute approximate surface area is 166 Å². The minimum atomic E-state index is -0.114. The van der Waals surface area contributed by atoms with Crippen LogP contribution >= 0.6 is 0 Å². The summed E-state index contributed by atoms with van der Waals surface area (Å²) in [5.41, 5.74) is 4.54. The van der Waals surface area contributed by atoms with Gasteiger partial charge in [0.05, 0.1) is 0 Å². The molecule has 142 valence electrons. The van der Waals surface area contributed by atoms with Gasteiger partial charge in [-0.1, -0.05) is 45.9 Å². The van der Waals surface area contributed by atoms with Crippen LogP contribution in [0.4, 0.5) is 0 Å². The molecule has 0 radical (unpaired) electrons. The van der Waals surface area contributed by atoms with E-state index in [-0.39, 0.29) is 21.7 Å². The molecule has 0 amide bonds. The van der Waals surface area contributed by atoms with E-state index in [0.29, 0.717) is 29.3 Å². The molecule has 8 atom stereocenters. The van der Waals surface area contributed by atoms with Gasteiger partial charge >= 0.3 is 0 Å². The third-order valence-electron chi connectivity index (χ3n) is 10.9. The van der Waals surface area contributed by atoms with E-state index >= 15 is 0 Å². The molecule has 0 N–H and O–H groups in total. The van der Waals surface area contributed by atoms with Gasteiger partial charge < -0.3 is 0 Å². The molecular weight excluding hydrogens is 344 g/mol. The molecule has 0 bridgehead atoms. The van der Waals surface area contributed by atoms with Crippen LogP contribution in [0.5, 0.6) is 0 Å². The fraction of sp³-hybridized carbons (Fsp3) is 0.538. The SMILES string of the molecule is CC12CC3C(/C(=C\c4cccc(/C=C5/C(=O)C6(C)C7CC5C76C)c4)C1=O)C32C. The number of hydrogen-bond donors (Lipinski definition) is 0. The number of hydrogen-bond acceptors (Lipinski definition) is 2. The summed E-state index contributed by atoms with van der Waals surface area (Å²) in [6.07, 6.45) is 6.53. The van der Waals surface area contributed by atoms with Crippen LogP contribution in [0.1, 0.15) is 51.7 Å². The average molecular weight is 370 g/mol. The van der Waals surface area contributed by atoms with Crippen LogP contribution in [0.25, 0.3) is 12.2 Å². The van der Waals surface area contributed by atoms with Crippen molar-refractivity contribution in [3.8, 4) is 0 Å². The number of allylic oxidation sites excluding steroid dienone is 2. The summed E-state index contributed by atoms with van der Waals surface area (Å²) in [6, 6.07) is 8.38. The summed E-state index contributed by atoms with van der Waals surface area (Å²) < 4.78 is 0. The van der Waals surface area contributed by atoms with Gasteiger partial charge in [0, 0.05) is 22.0 Å². The molecule has 6 aliphatic carbocycles. The second kappa shape index (κ2) is 4.01. The van der Waals surface area contributed by atoms with Gasteiger partial charge in [-0.05, 0) is 76.7 Å². The first-order valence-electron chi connectivity index (χ1n) is 10.8. The monoisotopic (exact) mass is 370 g/mol. The molecule has 6 aliphatic rings. The molecule has 0 aliphatic heterocycles. The lowest BCUT2D eigenvalue weighted by molar-refractivity contribution is -0.132. The second-order valence-corrected chi connectivity index (χ2v) is 11.3. The molecule has 2 heteroatoms. The van der Waals surface area contributed by atoms with Crippen LogP contribution in [0, 0.1) is 45.3 Å². The number of Topliss-reactive ketones (excluding diaryl/α,β-unsaturated/α-hetero) is 2. The fourth-order valence-electron chi connectivity index (χ4n) is 8.62. The highest BCUT2D eigenvalue weighted by Crippen LogP contribution is 2.89. The third-order valence-corrected chi connectivity index (χ3v) is 10.9. The summed E-state index contributed by atoms with van der Waals surface area (Å²) in [7, 11) is 0. The first kappa shape index (κ1) is 15.9. The van der Waals surface area contributed by atoms with E-state index in [4.69, 9.17) is 0 Å². The molecule has 0 saturated heterocycles. The first-order valence-corrected chi connectivity index (χ1v) is 10.8. The van der Waals surface area contributed by atoms with Crippen molar-refractivity contribution in [3.05, 3.63) is 46.5 Å². The number of rotatable bonds is 2. The molecule has 28 heavy (non-hydrogen) atoms. The summed E-state index contributed by atoms with van der Waals surface area (Å²) in [4.78, 5) is 25.9. The molecule has 1 aromatic carbocycles. The Morgan fingerprint density at radius 3 is 2.18 bits per heavy atom. The van der Waals surface area contributed by atoms with Crippen molar-refractivity contribution in [3.63, 3.8) is 0 Å². The first-order chi connectivity index (χ1) is 13.2. The number of carbonyl (C=O) groups excluding carboxylic acids is 2. The molecule has 1 aromatic rings. The lowest BCUT2D eigenvalue weighted by atomic mass is 9.60. The van der Waals surface area contributed by atoms with Crippen molar-refractivity contribution < 1.29 is 9.59 Å². The van der Waals surface area contributed by atoms with E-state index in [9.17, 15) is 9.59 Å². The van der Waals surface area contributed by atoms with E-state index in [1.165, 1.54) is 6.42 Å². The van der Waals surface area contributed by atoms with Crippen molar-refractivity contribution in [2.45, 2.75) is 40.5 Å². The van der Waals surface area contributed by atoms with Crippen LogP contribution in [0.3, 0.4) is 0 Å². The van der Waals surface area contributed by atoms with Crippen molar-refractivity contribution in [1.29, 1.82) is 0 Å². The van der Waals surface area contributed by atoms with Crippen molar-refractivity contribution in [2.75, 3.05) is 0 Å². The molecule has 0 spiro atoms. The van der Waals surface area contributed by atoms with Gasteiger partial charge in [0.2, 0.25) is 0 Å². The van der Waals surface area contributed by atoms with Crippen LogP contribution in [-0.2, 0) is 9.59 Å². The van der Waals surface area contributed by atoms with Crippen LogP contribution in [0.2, 0.25) is 0 Å². The zero-order chi connectivity index (χ0) is 19.4. The molecule has 0 heterocycles. The van der Waals surface area contributed by atoms with Crippen LogP contribution < -0.4 is 0 Å². The predicted molar refractivity (Wildman–Crippen MR) is 108 cm³/mol. The maximum absolute atomic E-state index is 13.0. The zero-order valence-corrected chi connectivity index (χ0v) is 17.0. The molecular formula is C26H26O2. The highest BCUT2D eigenvalue weighted by molar-refractivity contribution is 6.12. The number of ketones is 2. The van der Waals surface area contributed by atoms with Gasteiger partial charge in [0.1, 0.15) is 0 Å². The molecule has 8 unspecified atom stereocenters. The van der Waals surface area contributed by atoms with Crippen LogP contribution in [0.15, 0.2) is 35.4 Å².